The van der Waals surface area contributed by atoms with E-state index in [4.69, 9.17) is 4.74 Å². The van der Waals surface area contributed by atoms with Crippen LogP contribution < -0.4 is 4.80 Å². The van der Waals surface area contributed by atoms with Crippen molar-refractivity contribution in [1.29, 1.82) is 0 Å². The van der Waals surface area contributed by atoms with Gasteiger partial charge in [0.15, 0.2) is 4.80 Å². The SMILES string of the molecule is CCOC(=O)c1ccc2c(c1)sc(=NC(=O)C1CCCN(S(=O)(=O)c3ccc(C)cc3)C1)n2C. The molecule has 0 radical (unpaired) electrons. The molecule has 34 heavy (non-hydrogen) atoms. The lowest BCUT2D eigenvalue weighted by molar-refractivity contribution is -0.122. The van der Waals surface area contributed by atoms with Gasteiger partial charge in [0.05, 0.1) is 33.2 Å². The summed E-state index contributed by atoms with van der Waals surface area (Å²) in [5, 5.41) is 0. The van der Waals surface area contributed by atoms with Crippen LogP contribution in [0, 0.1) is 12.8 Å². The van der Waals surface area contributed by atoms with E-state index >= 15 is 0 Å². The van der Waals surface area contributed by atoms with Crippen LogP contribution in [0.4, 0.5) is 0 Å². The molecule has 4 rings (SSSR count). The Hall–Kier alpha value is -2.82. The van der Waals surface area contributed by atoms with Crippen molar-refractivity contribution in [1.82, 2.24) is 8.87 Å². The summed E-state index contributed by atoms with van der Waals surface area (Å²) in [7, 11) is -1.86. The molecule has 0 spiro atoms. The largest absolute Gasteiger partial charge is 0.462 e. The van der Waals surface area contributed by atoms with Gasteiger partial charge in [0, 0.05) is 20.1 Å². The molecule has 1 atom stereocenters. The van der Waals surface area contributed by atoms with Gasteiger partial charge in [-0.25, -0.2) is 13.2 Å². The van der Waals surface area contributed by atoms with Crippen molar-refractivity contribution < 1.29 is 22.7 Å². The van der Waals surface area contributed by atoms with Gasteiger partial charge in [-0.1, -0.05) is 29.0 Å². The second kappa shape index (κ2) is 9.81. The number of esters is 1. The molecule has 1 fully saturated rings. The number of sulfonamides is 1. The van der Waals surface area contributed by atoms with Gasteiger partial charge in [-0.3, -0.25) is 4.79 Å². The molecule has 0 N–H and O–H groups in total. The number of carbonyl (C=O) groups is 2. The van der Waals surface area contributed by atoms with Gasteiger partial charge < -0.3 is 9.30 Å². The molecule has 0 aliphatic carbocycles. The van der Waals surface area contributed by atoms with Gasteiger partial charge in [0.1, 0.15) is 0 Å². The normalized spacial score (nSPS) is 17.7. The molecule has 1 amide bonds. The van der Waals surface area contributed by atoms with Crippen molar-refractivity contribution >= 4 is 43.5 Å². The lowest BCUT2D eigenvalue weighted by Gasteiger charge is -2.30. The number of hydrogen-bond donors (Lipinski definition) is 0. The first-order valence-electron chi connectivity index (χ1n) is 11.1. The summed E-state index contributed by atoms with van der Waals surface area (Å²) in [6.07, 6.45) is 1.18. The Labute approximate surface area is 202 Å². The van der Waals surface area contributed by atoms with Crippen molar-refractivity contribution in [3.05, 3.63) is 58.4 Å². The number of benzene rings is 2. The standard InChI is InChI=1S/C24H27N3O5S2/c1-4-32-23(29)17-9-12-20-21(14-17)33-24(26(20)3)25-22(28)18-6-5-13-27(15-18)34(30,31)19-10-7-16(2)8-11-19/h7-12,14,18H,4-6,13,15H2,1-3H3. The first-order valence-corrected chi connectivity index (χ1v) is 13.4. The number of thiazole rings is 1. The topological polar surface area (TPSA) is 98.0 Å². The van der Waals surface area contributed by atoms with Gasteiger partial charge in [0.2, 0.25) is 10.0 Å². The fraction of sp³-hybridized carbons (Fsp3) is 0.375. The van der Waals surface area contributed by atoms with E-state index in [-0.39, 0.29) is 17.3 Å². The number of carbonyl (C=O) groups excluding carboxylic acids is 2. The number of nitrogens with zero attached hydrogens (tertiary/aromatic N) is 3. The van der Waals surface area contributed by atoms with Crippen LogP contribution in [0.1, 0.15) is 35.7 Å². The molecule has 3 aromatic rings. The first-order chi connectivity index (χ1) is 16.2. The summed E-state index contributed by atoms with van der Waals surface area (Å²) in [6, 6.07) is 12.0. The van der Waals surface area contributed by atoms with Crippen LogP contribution in [0.5, 0.6) is 0 Å². The van der Waals surface area contributed by atoms with E-state index in [1.54, 1.807) is 54.0 Å². The highest BCUT2D eigenvalue weighted by molar-refractivity contribution is 7.89. The number of ether oxygens (including phenoxy) is 1. The summed E-state index contributed by atoms with van der Waals surface area (Å²) in [4.78, 5) is 30.1. The summed E-state index contributed by atoms with van der Waals surface area (Å²) in [5.41, 5.74) is 2.27. The predicted molar refractivity (Wildman–Crippen MR) is 130 cm³/mol. The number of piperidine rings is 1. The Bertz CT molecular complexity index is 1400. The van der Waals surface area contributed by atoms with E-state index in [9.17, 15) is 18.0 Å². The van der Waals surface area contributed by atoms with E-state index in [0.717, 1.165) is 15.8 Å². The van der Waals surface area contributed by atoms with Gasteiger partial charge in [-0.2, -0.15) is 9.30 Å². The molecule has 2 heterocycles. The third-order valence-corrected chi connectivity index (χ3v) is 8.89. The Balaban J connectivity index is 1.58. The molecule has 2 aromatic carbocycles. The summed E-state index contributed by atoms with van der Waals surface area (Å²) < 4.78 is 35.2. The maximum Gasteiger partial charge on any atom is 0.338 e. The summed E-state index contributed by atoms with van der Waals surface area (Å²) in [6.45, 7) is 4.44. The van der Waals surface area contributed by atoms with Crippen molar-refractivity contribution in [3.63, 3.8) is 0 Å². The van der Waals surface area contributed by atoms with Gasteiger partial charge in [-0.05, 0) is 57.0 Å². The zero-order chi connectivity index (χ0) is 24.5. The van der Waals surface area contributed by atoms with Gasteiger partial charge >= 0.3 is 5.97 Å². The van der Waals surface area contributed by atoms with Crippen molar-refractivity contribution in [2.45, 2.75) is 31.6 Å². The fourth-order valence-corrected chi connectivity index (χ4v) is 6.58. The minimum atomic E-state index is -3.67. The van der Waals surface area contributed by atoms with Crippen molar-refractivity contribution in [2.24, 2.45) is 18.0 Å². The zero-order valence-electron chi connectivity index (χ0n) is 19.4. The monoisotopic (exact) mass is 501 g/mol. The molecule has 10 heteroatoms. The molecule has 1 aliphatic rings. The maximum atomic E-state index is 13.1. The lowest BCUT2D eigenvalue weighted by atomic mass is 9.99. The van der Waals surface area contributed by atoms with E-state index in [1.807, 2.05) is 14.0 Å². The van der Waals surface area contributed by atoms with Crippen LogP contribution in [0.15, 0.2) is 52.4 Å². The molecular formula is C24H27N3O5S2. The van der Waals surface area contributed by atoms with Crippen LogP contribution >= 0.6 is 11.3 Å². The smallest absolute Gasteiger partial charge is 0.338 e. The average molecular weight is 502 g/mol. The molecule has 180 valence electrons. The van der Waals surface area contributed by atoms with Crippen LogP contribution in [0.25, 0.3) is 10.2 Å². The third kappa shape index (κ3) is 4.84. The summed E-state index contributed by atoms with van der Waals surface area (Å²) in [5.74, 6) is -1.24. The highest BCUT2D eigenvalue weighted by atomic mass is 32.2. The maximum absolute atomic E-state index is 13.1. The molecule has 0 bridgehead atoms. The Kier molecular flexibility index (Phi) is 7.01. The van der Waals surface area contributed by atoms with E-state index in [1.165, 1.54) is 15.6 Å². The Morgan fingerprint density at radius 2 is 1.91 bits per heavy atom. The Morgan fingerprint density at radius 3 is 2.62 bits per heavy atom. The zero-order valence-corrected chi connectivity index (χ0v) is 21.0. The molecule has 1 aromatic heterocycles. The van der Waals surface area contributed by atoms with Crippen LogP contribution in [-0.2, 0) is 26.6 Å². The highest BCUT2D eigenvalue weighted by Crippen LogP contribution is 2.25. The van der Waals surface area contributed by atoms with E-state index in [2.05, 4.69) is 4.99 Å². The van der Waals surface area contributed by atoms with Gasteiger partial charge in [0.25, 0.3) is 5.91 Å². The molecular weight excluding hydrogens is 474 g/mol. The quantitative estimate of drug-likeness (QED) is 0.500. The number of amides is 1. The Morgan fingerprint density at radius 1 is 1.18 bits per heavy atom. The minimum Gasteiger partial charge on any atom is -0.462 e. The molecule has 1 aliphatic heterocycles. The number of hydrogen-bond acceptors (Lipinski definition) is 6. The van der Waals surface area contributed by atoms with Crippen molar-refractivity contribution in [3.8, 4) is 0 Å². The molecule has 1 unspecified atom stereocenters. The number of aromatic nitrogens is 1. The van der Waals surface area contributed by atoms with Crippen LogP contribution in [-0.4, -0.2) is 48.9 Å². The highest BCUT2D eigenvalue weighted by Gasteiger charge is 2.33. The molecule has 1 saturated heterocycles. The number of fused-ring (bicyclic) bond motifs is 1. The second-order valence-electron chi connectivity index (χ2n) is 8.31. The predicted octanol–water partition coefficient (Wildman–Crippen LogP) is 3.25. The van der Waals surface area contributed by atoms with Crippen LogP contribution in [0.2, 0.25) is 0 Å². The number of rotatable bonds is 5. The molecule has 0 saturated carbocycles. The fourth-order valence-electron chi connectivity index (χ4n) is 3.99. The third-order valence-electron chi connectivity index (χ3n) is 5.92. The summed E-state index contributed by atoms with van der Waals surface area (Å²) >= 11 is 1.31. The first kappa shape index (κ1) is 24.3. The van der Waals surface area contributed by atoms with Crippen molar-refractivity contribution in [2.75, 3.05) is 19.7 Å². The second-order valence-corrected chi connectivity index (χ2v) is 11.3. The minimum absolute atomic E-state index is 0.111. The van der Waals surface area contributed by atoms with E-state index in [0.29, 0.717) is 36.4 Å². The van der Waals surface area contributed by atoms with Crippen LogP contribution in [0.3, 0.4) is 0 Å². The van der Waals surface area contributed by atoms with E-state index < -0.39 is 21.9 Å². The van der Waals surface area contributed by atoms with Gasteiger partial charge in [-0.15, -0.1) is 0 Å². The lowest BCUT2D eigenvalue weighted by Crippen LogP contribution is -2.42. The average Bonchev–Trinajstić information content (AvgIpc) is 3.14. The molecule has 8 nitrogen and oxygen atoms in total. The number of aryl methyl sites for hydroxylation is 2.